The Hall–Kier alpha value is -2.18. The molecule has 2 aromatic carbocycles. The highest BCUT2D eigenvalue weighted by Gasteiger charge is 2.17. The molecule has 0 aliphatic heterocycles. The number of amides is 1. The average Bonchev–Trinajstić information content (AvgIpc) is 2.69. The molecule has 0 aliphatic rings. The van der Waals surface area contributed by atoms with Gasteiger partial charge in [-0.25, -0.2) is 13.1 Å². The van der Waals surface area contributed by atoms with E-state index in [2.05, 4.69) is 17.0 Å². The second-order valence-electron chi connectivity index (χ2n) is 6.89. The summed E-state index contributed by atoms with van der Waals surface area (Å²) in [5.74, 6) is -0.0180. The summed E-state index contributed by atoms with van der Waals surface area (Å²) in [5, 5.41) is 2.89. The topological polar surface area (TPSA) is 75.3 Å². The Kier molecular flexibility index (Phi) is 8.67. The van der Waals surface area contributed by atoms with Crippen LogP contribution in [0.25, 0.3) is 0 Å². The quantitative estimate of drug-likeness (QED) is 0.586. The van der Waals surface area contributed by atoms with Gasteiger partial charge in [0.25, 0.3) is 0 Å². The van der Waals surface area contributed by atoms with E-state index in [4.69, 9.17) is 0 Å². The van der Waals surface area contributed by atoms with Crippen molar-refractivity contribution in [1.82, 2.24) is 4.72 Å². The van der Waals surface area contributed by atoms with Crippen molar-refractivity contribution in [1.29, 1.82) is 0 Å². The molecule has 2 rings (SSSR count). The number of sulfonamides is 1. The van der Waals surface area contributed by atoms with Gasteiger partial charge in [0.1, 0.15) is 0 Å². The van der Waals surface area contributed by atoms with Crippen LogP contribution in [0.3, 0.4) is 0 Å². The van der Waals surface area contributed by atoms with Crippen molar-refractivity contribution in [2.75, 3.05) is 11.9 Å². The van der Waals surface area contributed by atoms with Gasteiger partial charge in [-0.1, -0.05) is 57.0 Å². The number of unbranched alkanes of at least 4 members (excludes halogenated alkanes) is 1. The van der Waals surface area contributed by atoms with Crippen molar-refractivity contribution in [3.8, 4) is 0 Å². The molecule has 0 saturated carbocycles. The molecule has 0 aliphatic carbocycles. The SMILES string of the molecule is CCCCC(CC)C(=O)Nc1ccc(S(=O)(=O)NCCc2ccccc2)cc1. The largest absolute Gasteiger partial charge is 0.326 e. The van der Waals surface area contributed by atoms with E-state index < -0.39 is 10.0 Å². The fourth-order valence-electron chi connectivity index (χ4n) is 2.99. The molecule has 1 atom stereocenters. The van der Waals surface area contributed by atoms with Gasteiger partial charge in [0.2, 0.25) is 15.9 Å². The lowest BCUT2D eigenvalue weighted by molar-refractivity contribution is -0.120. The van der Waals surface area contributed by atoms with Crippen LogP contribution in [0.2, 0.25) is 0 Å². The zero-order valence-electron chi connectivity index (χ0n) is 16.6. The summed E-state index contributed by atoms with van der Waals surface area (Å²) in [5.41, 5.74) is 1.69. The number of benzene rings is 2. The molecule has 2 N–H and O–H groups in total. The zero-order valence-corrected chi connectivity index (χ0v) is 17.5. The molecule has 2 aromatic rings. The van der Waals surface area contributed by atoms with Crippen molar-refractivity contribution in [2.24, 2.45) is 5.92 Å². The Bertz CT molecular complexity index is 834. The maximum absolute atomic E-state index is 12.4. The van der Waals surface area contributed by atoms with E-state index in [-0.39, 0.29) is 16.7 Å². The second kappa shape index (κ2) is 11.0. The van der Waals surface area contributed by atoms with E-state index in [1.165, 1.54) is 12.1 Å². The molecule has 152 valence electrons. The van der Waals surface area contributed by atoms with Crippen LogP contribution in [0.1, 0.15) is 45.1 Å². The van der Waals surface area contributed by atoms with Gasteiger partial charge in [-0.3, -0.25) is 4.79 Å². The first-order valence-electron chi connectivity index (χ1n) is 9.90. The summed E-state index contributed by atoms with van der Waals surface area (Å²) >= 11 is 0. The molecule has 0 radical (unpaired) electrons. The van der Waals surface area contributed by atoms with Crippen molar-refractivity contribution in [2.45, 2.75) is 50.8 Å². The first-order valence-corrected chi connectivity index (χ1v) is 11.4. The van der Waals surface area contributed by atoms with Crippen LogP contribution in [0.15, 0.2) is 59.5 Å². The van der Waals surface area contributed by atoms with Crippen LogP contribution >= 0.6 is 0 Å². The van der Waals surface area contributed by atoms with Crippen LogP contribution < -0.4 is 10.0 Å². The number of carbonyl (C=O) groups excluding carboxylic acids is 1. The van der Waals surface area contributed by atoms with Crippen LogP contribution in [0.4, 0.5) is 5.69 Å². The van der Waals surface area contributed by atoms with Gasteiger partial charge < -0.3 is 5.32 Å². The van der Waals surface area contributed by atoms with E-state index in [0.717, 1.165) is 31.2 Å². The van der Waals surface area contributed by atoms with E-state index >= 15 is 0 Å². The summed E-state index contributed by atoms with van der Waals surface area (Å²) < 4.78 is 27.5. The van der Waals surface area contributed by atoms with E-state index in [0.29, 0.717) is 18.7 Å². The van der Waals surface area contributed by atoms with E-state index in [1.807, 2.05) is 37.3 Å². The molecular formula is C22H30N2O3S. The lowest BCUT2D eigenvalue weighted by Crippen LogP contribution is -2.26. The van der Waals surface area contributed by atoms with Gasteiger partial charge in [-0.15, -0.1) is 0 Å². The number of rotatable bonds is 11. The number of nitrogens with one attached hydrogen (secondary N) is 2. The molecule has 28 heavy (non-hydrogen) atoms. The fourth-order valence-corrected chi connectivity index (χ4v) is 4.02. The number of anilines is 1. The highest BCUT2D eigenvalue weighted by atomic mass is 32.2. The molecule has 1 amide bonds. The summed E-state index contributed by atoms with van der Waals surface area (Å²) in [6.45, 7) is 4.45. The Morgan fingerprint density at radius 3 is 2.29 bits per heavy atom. The van der Waals surface area contributed by atoms with Crippen molar-refractivity contribution >= 4 is 21.6 Å². The minimum atomic E-state index is -3.57. The van der Waals surface area contributed by atoms with Gasteiger partial charge in [0, 0.05) is 18.2 Å². The highest BCUT2D eigenvalue weighted by Crippen LogP contribution is 2.18. The van der Waals surface area contributed by atoms with Crippen molar-refractivity contribution < 1.29 is 13.2 Å². The minimum Gasteiger partial charge on any atom is -0.326 e. The van der Waals surface area contributed by atoms with Crippen LogP contribution in [-0.4, -0.2) is 20.9 Å². The Morgan fingerprint density at radius 2 is 1.68 bits per heavy atom. The lowest BCUT2D eigenvalue weighted by atomic mass is 9.98. The van der Waals surface area contributed by atoms with E-state index in [1.54, 1.807) is 12.1 Å². The summed E-state index contributed by atoms with van der Waals surface area (Å²) in [4.78, 5) is 12.6. The Labute approximate surface area is 168 Å². The first kappa shape index (κ1) is 22.1. The molecule has 0 aromatic heterocycles. The normalized spacial score (nSPS) is 12.5. The zero-order chi connectivity index (χ0) is 20.4. The summed E-state index contributed by atoms with van der Waals surface area (Å²) in [6.07, 6.45) is 4.38. The maximum atomic E-state index is 12.4. The molecule has 5 nitrogen and oxygen atoms in total. The number of hydrogen-bond acceptors (Lipinski definition) is 3. The van der Waals surface area contributed by atoms with E-state index in [9.17, 15) is 13.2 Å². The lowest BCUT2D eigenvalue weighted by Gasteiger charge is -2.15. The predicted molar refractivity (Wildman–Crippen MR) is 114 cm³/mol. The molecular weight excluding hydrogens is 372 g/mol. The fraction of sp³-hybridized carbons (Fsp3) is 0.409. The highest BCUT2D eigenvalue weighted by molar-refractivity contribution is 7.89. The first-order chi connectivity index (χ1) is 13.5. The second-order valence-corrected chi connectivity index (χ2v) is 8.66. The third-order valence-corrected chi connectivity index (χ3v) is 6.23. The summed E-state index contributed by atoms with van der Waals surface area (Å²) in [6, 6.07) is 16.0. The van der Waals surface area contributed by atoms with Gasteiger partial charge >= 0.3 is 0 Å². The minimum absolute atomic E-state index is 0.00690. The molecule has 0 bridgehead atoms. The molecule has 6 heteroatoms. The third-order valence-electron chi connectivity index (χ3n) is 4.75. The molecule has 0 heterocycles. The van der Waals surface area contributed by atoms with Crippen molar-refractivity contribution in [3.63, 3.8) is 0 Å². The molecule has 0 spiro atoms. The van der Waals surface area contributed by atoms with Gasteiger partial charge in [-0.05, 0) is 49.1 Å². The Morgan fingerprint density at radius 1 is 1.00 bits per heavy atom. The van der Waals surface area contributed by atoms with Crippen LogP contribution in [0, 0.1) is 5.92 Å². The standard InChI is InChI=1S/C22H30N2O3S/c1-3-5-11-19(4-2)22(25)24-20-12-14-21(15-13-20)28(26,27)23-17-16-18-9-7-6-8-10-18/h6-10,12-15,19,23H,3-5,11,16-17H2,1-2H3,(H,24,25). The van der Waals surface area contributed by atoms with Crippen LogP contribution in [-0.2, 0) is 21.2 Å². The third kappa shape index (κ3) is 6.77. The smallest absolute Gasteiger partial charge is 0.240 e. The van der Waals surface area contributed by atoms with Gasteiger partial charge in [0.15, 0.2) is 0 Å². The Balaban J connectivity index is 1.92. The molecule has 0 fully saturated rings. The predicted octanol–water partition coefficient (Wildman–Crippen LogP) is 4.36. The maximum Gasteiger partial charge on any atom is 0.240 e. The average molecular weight is 403 g/mol. The van der Waals surface area contributed by atoms with Crippen LogP contribution in [0.5, 0.6) is 0 Å². The molecule has 0 saturated heterocycles. The molecule has 1 unspecified atom stereocenters. The van der Waals surface area contributed by atoms with Gasteiger partial charge in [0.05, 0.1) is 4.90 Å². The number of carbonyl (C=O) groups is 1. The van der Waals surface area contributed by atoms with Gasteiger partial charge in [-0.2, -0.15) is 0 Å². The number of hydrogen-bond donors (Lipinski definition) is 2. The van der Waals surface area contributed by atoms with Crippen molar-refractivity contribution in [3.05, 3.63) is 60.2 Å². The summed E-state index contributed by atoms with van der Waals surface area (Å²) in [7, 11) is -3.57. The monoisotopic (exact) mass is 402 g/mol.